The molecule has 110 valence electrons. The van der Waals surface area contributed by atoms with Gasteiger partial charge in [-0.3, -0.25) is 4.79 Å². The average molecular weight is 360 g/mol. The quantitative estimate of drug-likeness (QED) is 0.871. The standard InChI is InChI=1S/C15H19BrN2O.ClH/c16-12-3-1-11(2-4-12)10-18-14(19)13-9-15(13)5-7-17-8-6-15;/h1-4,13,17H,5-10H2,(H,18,19);1H. The number of amides is 1. The van der Waals surface area contributed by atoms with E-state index in [-0.39, 0.29) is 24.2 Å². The van der Waals surface area contributed by atoms with Crippen molar-refractivity contribution >= 4 is 34.2 Å². The van der Waals surface area contributed by atoms with Crippen molar-refractivity contribution in [3.63, 3.8) is 0 Å². The summed E-state index contributed by atoms with van der Waals surface area (Å²) in [7, 11) is 0. The second-order valence-corrected chi connectivity index (χ2v) is 6.63. The van der Waals surface area contributed by atoms with Crippen LogP contribution in [0.1, 0.15) is 24.8 Å². The Morgan fingerprint density at radius 3 is 2.60 bits per heavy atom. The van der Waals surface area contributed by atoms with Gasteiger partial charge in [0, 0.05) is 16.9 Å². The molecule has 1 unspecified atom stereocenters. The third-order valence-corrected chi connectivity index (χ3v) is 5.01. The molecule has 2 fully saturated rings. The molecular formula is C15H20BrClN2O. The molecule has 20 heavy (non-hydrogen) atoms. The molecule has 2 aliphatic rings. The van der Waals surface area contributed by atoms with E-state index in [9.17, 15) is 4.79 Å². The van der Waals surface area contributed by atoms with Gasteiger partial charge in [-0.05, 0) is 55.5 Å². The molecule has 2 N–H and O–H groups in total. The van der Waals surface area contributed by atoms with Crippen LogP contribution in [0.3, 0.4) is 0 Å². The molecule has 1 atom stereocenters. The minimum absolute atomic E-state index is 0. The van der Waals surface area contributed by atoms with Gasteiger partial charge in [0.15, 0.2) is 0 Å². The van der Waals surface area contributed by atoms with Crippen molar-refractivity contribution in [3.8, 4) is 0 Å². The highest BCUT2D eigenvalue weighted by Gasteiger charge is 2.57. The second-order valence-electron chi connectivity index (χ2n) is 5.71. The van der Waals surface area contributed by atoms with E-state index in [0.29, 0.717) is 12.0 Å². The topological polar surface area (TPSA) is 41.1 Å². The van der Waals surface area contributed by atoms with Crippen molar-refractivity contribution in [2.45, 2.75) is 25.8 Å². The molecule has 1 saturated heterocycles. The zero-order chi connectivity index (χ0) is 13.3. The molecule has 1 aliphatic carbocycles. The van der Waals surface area contributed by atoms with Crippen LogP contribution in [0.25, 0.3) is 0 Å². The van der Waals surface area contributed by atoms with E-state index in [0.717, 1.165) is 42.4 Å². The molecule has 1 aromatic carbocycles. The van der Waals surface area contributed by atoms with E-state index in [1.807, 2.05) is 24.3 Å². The summed E-state index contributed by atoms with van der Waals surface area (Å²) >= 11 is 3.41. The van der Waals surface area contributed by atoms with Crippen molar-refractivity contribution in [1.29, 1.82) is 0 Å². The normalized spacial score (nSPS) is 22.9. The maximum absolute atomic E-state index is 12.2. The molecule has 1 aromatic rings. The molecule has 0 bridgehead atoms. The SMILES string of the molecule is Cl.O=C(NCc1ccc(Br)cc1)C1CC12CCNCC2. The Hall–Kier alpha value is -0.580. The van der Waals surface area contributed by atoms with Crippen LogP contribution in [0.5, 0.6) is 0 Å². The van der Waals surface area contributed by atoms with E-state index in [1.165, 1.54) is 0 Å². The van der Waals surface area contributed by atoms with Gasteiger partial charge in [0.25, 0.3) is 0 Å². The molecule has 3 rings (SSSR count). The summed E-state index contributed by atoms with van der Waals surface area (Å²) < 4.78 is 1.07. The van der Waals surface area contributed by atoms with Crippen molar-refractivity contribution in [3.05, 3.63) is 34.3 Å². The molecule has 1 saturated carbocycles. The lowest BCUT2D eigenvalue weighted by molar-refractivity contribution is -0.123. The highest BCUT2D eigenvalue weighted by atomic mass is 79.9. The van der Waals surface area contributed by atoms with E-state index < -0.39 is 0 Å². The number of hydrogen-bond donors (Lipinski definition) is 2. The van der Waals surface area contributed by atoms with Crippen molar-refractivity contribution < 1.29 is 4.79 Å². The third kappa shape index (κ3) is 3.35. The first-order chi connectivity index (χ1) is 9.20. The maximum Gasteiger partial charge on any atom is 0.223 e. The Bertz CT molecular complexity index is 471. The summed E-state index contributed by atoms with van der Waals surface area (Å²) in [4.78, 5) is 12.2. The molecule has 1 aliphatic heterocycles. The molecule has 5 heteroatoms. The predicted octanol–water partition coefficient (Wildman–Crippen LogP) is 2.88. The van der Waals surface area contributed by atoms with Crippen LogP contribution >= 0.6 is 28.3 Å². The Balaban J connectivity index is 0.00000147. The van der Waals surface area contributed by atoms with E-state index >= 15 is 0 Å². The molecule has 0 radical (unpaired) electrons. The lowest BCUT2D eigenvalue weighted by Gasteiger charge is -2.23. The Morgan fingerprint density at radius 2 is 1.95 bits per heavy atom. The first-order valence-corrected chi connectivity index (χ1v) is 7.72. The molecule has 1 spiro atoms. The largest absolute Gasteiger partial charge is 0.352 e. The number of hydrogen-bond acceptors (Lipinski definition) is 2. The minimum Gasteiger partial charge on any atom is -0.352 e. The predicted molar refractivity (Wildman–Crippen MR) is 85.9 cm³/mol. The van der Waals surface area contributed by atoms with E-state index in [1.54, 1.807) is 0 Å². The van der Waals surface area contributed by atoms with E-state index in [2.05, 4.69) is 26.6 Å². The number of benzene rings is 1. The van der Waals surface area contributed by atoms with Crippen molar-refractivity contribution in [2.75, 3.05) is 13.1 Å². The van der Waals surface area contributed by atoms with Crippen LogP contribution in [0, 0.1) is 11.3 Å². The summed E-state index contributed by atoms with van der Waals surface area (Å²) in [5, 5.41) is 6.44. The smallest absolute Gasteiger partial charge is 0.223 e. The van der Waals surface area contributed by atoms with E-state index in [4.69, 9.17) is 0 Å². The van der Waals surface area contributed by atoms with Crippen LogP contribution in [0.2, 0.25) is 0 Å². The van der Waals surface area contributed by atoms with Gasteiger partial charge in [0.1, 0.15) is 0 Å². The number of carbonyl (C=O) groups is 1. The fourth-order valence-corrected chi connectivity index (χ4v) is 3.37. The lowest BCUT2D eigenvalue weighted by Crippen LogP contribution is -2.33. The molecule has 3 nitrogen and oxygen atoms in total. The minimum atomic E-state index is 0. The van der Waals surface area contributed by atoms with Crippen LogP contribution in [-0.4, -0.2) is 19.0 Å². The summed E-state index contributed by atoms with van der Waals surface area (Å²) in [6, 6.07) is 8.09. The van der Waals surface area contributed by atoms with Gasteiger partial charge >= 0.3 is 0 Å². The Labute approximate surface area is 134 Å². The molecule has 0 aromatic heterocycles. The number of nitrogens with one attached hydrogen (secondary N) is 2. The Kier molecular flexibility index (Phi) is 5.10. The molecule has 1 heterocycles. The van der Waals surface area contributed by atoms with Gasteiger partial charge in [-0.25, -0.2) is 0 Å². The fourth-order valence-electron chi connectivity index (χ4n) is 3.11. The second kappa shape index (κ2) is 6.46. The molecular weight excluding hydrogens is 340 g/mol. The lowest BCUT2D eigenvalue weighted by atomic mass is 9.92. The first kappa shape index (κ1) is 15.8. The van der Waals surface area contributed by atoms with Gasteiger partial charge in [0.2, 0.25) is 5.91 Å². The fraction of sp³-hybridized carbons (Fsp3) is 0.533. The van der Waals surface area contributed by atoms with Crippen LogP contribution in [0.15, 0.2) is 28.7 Å². The third-order valence-electron chi connectivity index (χ3n) is 4.49. The first-order valence-electron chi connectivity index (χ1n) is 6.92. The van der Waals surface area contributed by atoms with Gasteiger partial charge in [-0.15, -0.1) is 12.4 Å². The zero-order valence-electron chi connectivity index (χ0n) is 11.3. The van der Waals surface area contributed by atoms with Crippen LogP contribution in [-0.2, 0) is 11.3 Å². The van der Waals surface area contributed by atoms with Crippen LogP contribution in [0.4, 0.5) is 0 Å². The summed E-state index contributed by atoms with van der Waals surface area (Å²) in [6.45, 7) is 2.77. The Morgan fingerprint density at radius 1 is 1.30 bits per heavy atom. The maximum atomic E-state index is 12.2. The highest BCUT2D eigenvalue weighted by Crippen LogP contribution is 2.58. The average Bonchev–Trinajstić information content (AvgIpc) is 3.12. The zero-order valence-corrected chi connectivity index (χ0v) is 13.7. The number of rotatable bonds is 3. The highest BCUT2D eigenvalue weighted by molar-refractivity contribution is 9.10. The van der Waals surface area contributed by atoms with Gasteiger partial charge in [-0.2, -0.15) is 0 Å². The van der Waals surface area contributed by atoms with Gasteiger partial charge < -0.3 is 10.6 Å². The van der Waals surface area contributed by atoms with Crippen LogP contribution < -0.4 is 10.6 Å². The van der Waals surface area contributed by atoms with Crippen molar-refractivity contribution in [2.24, 2.45) is 11.3 Å². The summed E-state index contributed by atoms with van der Waals surface area (Å²) in [5.41, 5.74) is 1.48. The summed E-state index contributed by atoms with van der Waals surface area (Å²) in [6.07, 6.45) is 3.40. The number of halogens is 2. The van der Waals surface area contributed by atoms with Crippen molar-refractivity contribution in [1.82, 2.24) is 10.6 Å². The number of piperidine rings is 1. The monoisotopic (exact) mass is 358 g/mol. The van der Waals surface area contributed by atoms with Gasteiger partial charge in [-0.1, -0.05) is 28.1 Å². The molecule has 1 amide bonds. The van der Waals surface area contributed by atoms with Gasteiger partial charge in [0.05, 0.1) is 0 Å². The number of carbonyl (C=O) groups excluding carboxylic acids is 1. The summed E-state index contributed by atoms with van der Waals surface area (Å²) in [5.74, 6) is 0.495.